The van der Waals surface area contributed by atoms with Gasteiger partial charge in [0.15, 0.2) is 0 Å². The molecule has 3 rings (SSSR count). The van der Waals surface area contributed by atoms with Crippen molar-refractivity contribution in [2.45, 2.75) is 31.3 Å². The van der Waals surface area contributed by atoms with E-state index >= 15 is 0 Å². The van der Waals surface area contributed by atoms with Gasteiger partial charge >= 0.3 is 6.03 Å². The topological polar surface area (TPSA) is 84.3 Å². The smallest absolute Gasteiger partial charge is 0.331 e. The molecule has 1 heterocycles. The average molecular weight is 431 g/mol. The molecule has 1 N–H and O–H groups in total. The zero-order chi connectivity index (χ0) is 21.6. The SMILES string of the molecule is Cc1ccc(S(=O)(=O)NC(=O)N(CCCn2ccnc2)Cc2cccc(F)c2)cc1. The Bertz CT molecular complexity index is 1080. The summed E-state index contributed by atoms with van der Waals surface area (Å²) in [7, 11) is -4.02. The van der Waals surface area contributed by atoms with Gasteiger partial charge in [-0.1, -0.05) is 29.8 Å². The number of benzene rings is 2. The van der Waals surface area contributed by atoms with Gasteiger partial charge < -0.3 is 9.47 Å². The molecular weight excluding hydrogens is 407 g/mol. The summed E-state index contributed by atoms with van der Waals surface area (Å²) in [6.07, 6.45) is 5.70. The van der Waals surface area contributed by atoms with Crippen molar-refractivity contribution >= 4 is 16.1 Å². The molecule has 30 heavy (non-hydrogen) atoms. The molecule has 0 saturated carbocycles. The maximum Gasteiger partial charge on any atom is 0.331 e. The van der Waals surface area contributed by atoms with Gasteiger partial charge in [0.05, 0.1) is 11.2 Å². The van der Waals surface area contributed by atoms with Crippen molar-refractivity contribution in [2.75, 3.05) is 6.54 Å². The molecule has 2 amide bonds. The molecule has 1 aromatic heterocycles. The zero-order valence-electron chi connectivity index (χ0n) is 16.5. The first-order chi connectivity index (χ1) is 14.3. The van der Waals surface area contributed by atoms with Gasteiger partial charge in [0, 0.05) is 32.0 Å². The lowest BCUT2D eigenvalue weighted by atomic mass is 10.2. The fourth-order valence-electron chi connectivity index (χ4n) is 2.93. The Hall–Kier alpha value is -3.20. The van der Waals surface area contributed by atoms with E-state index in [2.05, 4.69) is 9.71 Å². The Morgan fingerprint density at radius 1 is 1.20 bits per heavy atom. The van der Waals surface area contributed by atoms with Gasteiger partial charge in [-0.25, -0.2) is 27.3 Å². The molecular formula is C21H23FN4O3S. The first-order valence-corrected chi connectivity index (χ1v) is 10.9. The Balaban J connectivity index is 1.73. The predicted molar refractivity (Wildman–Crippen MR) is 111 cm³/mol. The first kappa shape index (κ1) is 21.5. The van der Waals surface area contributed by atoms with Crippen molar-refractivity contribution in [3.8, 4) is 0 Å². The number of nitrogens with zero attached hydrogens (tertiary/aromatic N) is 3. The number of carbonyl (C=O) groups is 1. The van der Waals surface area contributed by atoms with Crippen molar-refractivity contribution in [3.63, 3.8) is 0 Å². The van der Waals surface area contributed by atoms with Crippen LogP contribution in [0.4, 0.5) is 9.18 Å². The number of sulfonamides is 1. The van der Waals surface area contributed by atoms with E-state index in [1.165, 1.54) is 29.2 Å². The molecule has 158 valence electrons. The highest BCUT2D eigenvalue weighted by Gasteiger charge is 2.22. The zero-order valence-corrected chi connectivity index (χ0v) is 17.3. The number of hydrogen-bond donors (Lipinski definition) is 1. The highest BCUT2D eigenvalue weighted by Crippen LogP contribution is 2.13. The van der Waals surface area contributed by atoms with Crippen LogP contribution in [0.1, 0.15) is 17.5 Å². The second-order valence-electron chi connectivity index (χ2n) is 6.93. The lowest BCUT2D eigenvalue weighted by Gasteiger charge is -2.23. The maximum atomic E-state index is 13.6. The third kappa shape index (κ3) is 5.90. The molecule has 0 radical (unpaired) electrons. The number of halogens is 1. The van der Waals surface area contributed by atoms with Crippen LogP contribution in [0.5, 0.6) is 0 Å². The van der Waals surface area contributed by atoms with Crippen LogP contribution in [0.3, 0.4) is 0 Å². The molecule has 0 atom stereocenters. The second kappa shape index (κ2) is 9.53. The van der Waals surface area contributed by atoms with Gasteiger partial charge in [0.25, 0.3) is 10.0 Å². The summed E-state index contributed by atoms with van der Waals surface area (Å²) in [6.45, 7) is 2.81. The van der Waals surface area contributed by atoms with Crippen molar-refractivity contribution in [1.82, 2.24) is 19.2 Å². The molecule has 0 unspecified atom stereocenters. The van der Waals surface area contributed by atoms with Gasteiger partial charge in [-0.2, -0.15) is 0 Å². The molecule has 0 saturated heterocycles. The van der Waals surface area contributed by atoms with Crippen LogP contribution in [0.25, 0.3) is 0 Å². The molecule has 0 spiro atoms. The molecule has 2 aromatic carbocycles. The fourth-order valence-corrected chi connectivity index (χ4v) is 3.90. The number of imidazole rings is 1. The molecule has 9 heteroatoms. The number of rotatable bonds is 8. The van der Waals surface area contributed by atoms with Crippen molar-refractivity contribution < 1.29 is 17.6 Å². The summed E-state index contributed by atoms with van der Waals surface area (Å²) in [4.78, 5) is 18.1. The Morgan fingerprint density at radius 3 is 2.63 bits per heavy atom. The van der Waals surface area contributed by atoms with Gasteiger partial charge in [-0.05, 0) is 43.2 Å². The van der Waals surface area contributed by atoms with E-state index in [1.54, 1.807) is 43.0 Å². The summed E-state index contributed by atoms with van der Waals surface area (Å²) in [6, 6.07) is 11.3. The van der Waals surface area contributed by atoms with Crippen molar-refractivity contribution in [3.05, 3.63) is 84.2 Å². The number of hydrogen-bond acceptors (Lipinski definition) is 4. The van der Waals surface area contributed by atoms with E-state index in [-0.39, 0.29) is 18.0 Å². The summed E-state index contributed by atoms with van der Waals surface area (Å²) in [5.74, 6) is -0.418. The van der Waals surface area contributed by atoms with Crippen LogP contribution < -0.4 is 4.72 Å². The van der Waals surface area contributed by atoms with Crippen LogP contribution in [0.2, 0.25) is 0 Å². The third-order valence-electron chi connectivity index (χ3n) is 4.51. The van der Waals surface area contributed by atoms with E-state index in [1.807, 2.05) is 11.5 Å². The predicted octanol–water partition coefficient (Wildman–Crippen LogP) is 3.32. The summed E-state index contributed by atoms with van der Waals surface area (Å²) < 4.78 is 42.7. The van der Waals surface area contributed by atoms with E-state index in [4.69, 9.17) is 0 Å². The molecule has 7 nitrogen and oxygen atoms in total. The minimum Gasteiger partial charge on any atom is -0.337 e. The summed E-state index contributed by atoms with van der Waals surface area (Å²) >= 11 is 0. The third-order valence-corrected chi connectivity index (χ3v) is 5.84. The Morgan fingerprint density at radius 2 is 1.97 bits per heavy atom. The van der Waals surface area contributed by atoms with Gasteiger partial charge in [-0.3, -0.25) is 0 Å². The largest absolute Gasteiger partial charge is 0.337 e. The minimum atomic E-state index is -4.02. The number of aromatic nitrogens is 2. The minimum absolute atomic E-state index is 0.00516. The number of nitrogens with one attached hydrogen (secondary N) is 1. The van der Waals surface area contributed by atoms with E-state index in [0.29, 0.717) is 18.5 Å². The lowest BCUT2D eigenvalue weighted by molar-refractivity contribution is 0.199. The van der Waals surface area contributed by atoms with E-state index in [0.717, 1.165) is 5.56 Å². The average Bonchev–Trinajstić information content (AvgIpc) is 3.21. The molecule has 0 fully saturated rings. The monoisotopic (exact) mass is 430 g/mol. The molecule has 0 aliphatic rings. The van der Waals surface area contributed by atoms with Gasteiger partial charge in [0.1, 0.15) is 5.82 Å². The second-order valence-corrected chi connectivity index (χ2v) is 8.61. The van der Waals surface area contributed by atoms with Crippen LogP contribution in [-0.4, -0.2) is 35.4 Å². The number of amides is 2. The highest BCUT2D eigenvalue weighted by molar-refractivity contribution is 7.90. The first-order valence-electron chi connectivity index (χ1n) is 9.42. The molecule has 0 aliphatic carbocycles. The molecule has 3 aromatic rings. The molecule has 0 bridgehead atoms. The fraction of sp³-hybridized carbons (Fsp3) is 0.238. The van der Waals surface area contributed by atoms with Gasteiger partial charge in [0.2, 0.25) is 0 Å². The van der Waals surface area contributed by atoms with Crippen LogP contribution in [0.15, 0.2) is 72.1 Å². The van der Waals surface area contributed by atoms with E-state index < -0.39 is 21.9 Å². The van der Waals surface area contributed by atoms with Crippen molar-refractivity contribution in [1.29, 1.82) is 0 Å². The quantitative estimate of drug-likeness (QED) is 0.594. The summed E-state index contributed by atoms with van der Waals surface area (Å²) in [5.41, 5.74) is 1.48. The number of aryl methyl sites for hydroxylation is 2. The van der Waals surface area contributed by atoms with Crippen LogP contribution >= 0.6 is 0 Å². The maximum absolute atomic E-state index is 13.6. The Kier molecular flexibility index (Phi) is 6.83. The van der Waals surface area contributed by atoms with Gasteiger partial charge in [-0.15, -0.1) is 0 Å². The normalized spacial score (nSPS) is 11.3. The number of carbonyl (C=O) groups excluding carboxylic acids is 1. The molecule has 0 aliphatic heterocycles. The van der Waals surface area contributed by atoms with Crippen molar-refractivity contribution in [2.24, 2.45) is 0 Å². The van der Waals surface area contributed by atoms with Crippen LogP contribution in [0, 0.1) is 12.7 Å². The number of urea groups is 1. The summed E-state index contributed by atoms with van der Waals surface area (Å²) in [5, 5.41) is 0. The van der Waals surface area contributed by atoms with Crippen LogP contribution in [-0.2, 0) is 23.1 Å². The van der Waals surface area contributed by atoms with E-state index in [9.17, 15) is 17.6 Å². The Labute approximate surface area is 175 Å². The highest BCUT2D eigenvalue weighted by atomic mass is 32.2. The standard InChI is InChI=1S/C21H23FN4O3S/c1-17-6-8-20(9-7-17)30(28,29)24-21(27)26(12-3-11-25-13-10-23-16-25)15-18-4-2-5-19(22)14-18/h2,4-10,13-14,16H,3,11-12,15H2,1H3,(H,24,27). The lowest BCUT2D eigenvalue weighted by Crippen LogP contribution is -2.43.